The monoisotopic (exact) mass is 299 g/mol. The number of hydrogen-bond donors (Lipinski definition) is 1. The number of halogens is 1. The van der Waals surface area contributed by atoms with Crippen LogP contribution < -0.4 is 0 Å². The fourth-order valence-electron chi connectivity index (χ4n) is 2.32. The first kappa shape index (κ1) is 13.8. The zero-order valence-corrected chi connectivity index (χ0v) is 12.2. The average Bonchev–Trinajstić information content (AvgIpc) is 2.91. The van der Waals surface area contributed by atoms with E-state index in [1.165, 1.54) is 0 Å². The van der Waals surface area contributed by atoms with Gasteiger partial charge in [-0.1, -0.05) is 47.1 Å². The minimum absolute atomic E-state index is 0.162. The Morgan fingerprint density at radius 3 is 2.67 bits per heavy atom. The highest BCUT2D eigenvalue weighted by molar-refractivity contribution is 6.30. The van der Waals surface area contributed by atoms with Crippen molar-refractivity contribution in [2.45, 2.75) is 13.5 Å². The second kappa shape index (κ2) is 5.68. The Kier molecular flexibility index (Phi) is 3.73. The largest absolute Gasteiger partial charge is 0.390 e. The van der Waals surface area contributed by atoms with Gasteiger partial charge < -0.3 is 5.11 Å². The Morgan fingerprint density at radius 1 is 1.14 bits per heavy atom. The number of aryl methyl sites for hydroxylation is 1. The van der Waals surface area contributed by atoms with E-state index in [-0.39, 0.29) is 6.61 Å². The summed E-state index contributed by atoms with van der Waals surface area (Å²) in [5.74, 6) is 0. The molecule has 2 aromatic carbocycles. The molecule has 106 valence electrons. The summed E-state index contributed by atoms with van der Waals surface area (Å²) in [5, 5.41) is 18.4. The predicted octanol–water partition coefficient (Wildman–Crippen LogP) is 3.39. The maximum Gasteiger partial charge on any atom is 0.117 e. The second-order valence-corrected chi connectivity index (χ2v) is 5.19. The maximum absolute atomic E-state index is 9.54. The number of nitrogens with zero attached hydrogens (tertiary/aromatic N) is 3. The van der Waals surface area contributed by atoms with Gasteiger partial charge in [0.2, 0.25) is 0 Å². The molecule has 0 aliphatic carbocycles. The van der Waals surface area contributed by atoms with E-state index in [1.807, 2.05) is 55.5 Å². The summed E-state index contributed by atoms with van der Waals surface area (Å²) in [6.45, 7) is 1.86. The Morgan fingerprint density at radius 2 is 1.95 bits per heavy atom. The SMILES string of the molecule is Cc1ccccc1-c1c(CO)nnn1-c1cccc(Cl)c1. The Hall–Kier alpha value is -2.17. The molecule has 0 atom stereocenters. The Balaban J connectivity index is 2.24. The first-order valence-corrected chi connectivity index (χ1v) is 6.96. The second-order valence-electron chi connectivity index (χ2n) is 4.75. The van der Waals surface area contributed by atoms with Crippen LogP contribution in [-0.2, 0) is 6.61 Å². The van der Waals surface area contributed by atoms with E-state index in [1.54, 1.807) is 4.68 Å². The highest BCUT2D eigenvalue weighted by Crippen LogP contribution is 2.28. The maximum atomic E-state index is 9.54. The van der Waals surface area contributed by atoms with Crippen LogP contribution in [0, 0.1) is 6.92 Å². The van der Waals surface area contributed by atoms with Gasteiger partial charge in [-0.25, -0.2) is 4.68 Å². The molecule has 21 heavy (non-hydrogen) atoms. The van der Waals surface area contributed by atoms with Crippen molar-refractivity contribution in [1.82, 2.24) is 15.0 Å². The normalized spacial score (nSPS) is 10.8. The Bertz CT molecular complexity index is 783. The zero-order valence-electron chi connectivity index (χ0n) is 11.5. The molecule has 3 rings (SSSR count). The van der Waals surface area contributed by atoms with Crippen molar-refractivity contribution >= 4 is 11.6 Å². The van der Waals surface area contributed by atoms with Gasteiger partial charge in [0, 0.05) is 10.6 Å². The summed E-state index contributed by atoms with van der Waals surface area (Å²) in [5.41, 5.74) is 4.24. The predicted molar refractivity (Wildman–Crippen MR) is 82.5 cm³/mol. The van der Waals surface area contributed by atoms with Crippen LogP contribution in [0.25, 0.3) is 16.9 Å². The summed E-state index contributed by atoms with van der Waals surface area (Å²) >= 11 is 6.05. The van der Waals surface area contributed by atoms with Crippen molar-refractivity contribution in [1.29, 1.82) is 0 Å². The lowest BCUT2D eigenvalue weighted by molar-refractivity contribution is 0.277. The van der Waals surface area contributed by atoms with E-state index >= 15 is 0 Å². The van der Waals surface area contributed by atoms with Gasteiger partial charge in [0.1, 0.15) is 11.4 Å². The van der Waals surface area contributed by atoms with Crippen molar-refractivity contribution in [2.24, 2.45) is 0 Å². The smallest absolute Gasteiger partial charge is 0.117 e. The average molecular weight is 300 g/mol. The molecule has 3 aromatic rings. The number of aromatic nitrogens is 3. The van der Waals surface area contributed by atoms with Gasteiger partial charge >= 0.3 is 0 Å². The van der Waals surface area contributed by atoms with Crippen LogP contribution in [0.1, 0.15) is 11.3 Å². The summed E-state index contributed by atoms with van der Waals surface area (Å²) < 4.78 is 1.71. The summed E-state index contributed by atoms with van der Waals surface area (Å²) in [6.07, 6.45) is 0. The molecule has 0 fully saturated rings. The van der Waals surface area contributed by atoms with Gasteiger partial charge in [0.25, 0.3) is 0 Å². The zero-order chi connectivity index (χ0) is 14.8. The molecule has 1 N–H and O–H groups in total. The van der Waals surface area contributed by atoms with Crippen molar-refractivity contribution in [3.8, 4) is 16.9 Å². The fraction of sp³-hybridized carbons (Fsp3) is 0.125. The van der Waals surface area contributed by atoms with Gasteiger partial charge in [-0.3, -0.25) is 0 Å². The number of rotatable bonds is 3. The molecule has 0 aliphatic heterocycles. The molecular formula is C16H14ClN3O. The summed E-state index contributed by atoms with van der Waals surface area (Å²) in [7, 11) is 0. The molecular weight excluding hydrogens is 286 g/mol. The molecule has 0 saturated carbocycles. The first-order valence-electron chi connectivity index (χ1n) is 6.58. The molecule has 1 heterocycles. The summed E-state index contributed by atoms with van der Waals surface area (Å²) in [6, 6.07) is 15.3. The van der Waals surface area contributed by atoms with E-state index < -0.39 is 0 Å². The standard InChI is InChI=1S/C16H14ClN3O/c1-11-5-2-3-8-14(11)16-15(10-21)18-19-20(16)13-7-4-6-12(17)9-13/h2-9,21H,10H2,1H3. The highest BCUT2D eigenvalue weighted by Gasteiger charge is 2.17. The van der Waals surface area contributed by atoms with E-state index in [0.29, 0.717) is 10.7 Å². The molecule has 0 radical (unpaired) electrons. The molecule has 0 spiro atoms. The number of aliphatic hydroxyl groups excluding tert-OH is 1. The quantitative estimate of drug-likeness (QED) is 0.806. The molecule has 0 amide bonds. The van der Waals surface area contributed by atoms with E-state index in [9.17, 15) is 5.11 Å². The van der Waals surface area contributed by atoms with E-state index in [2.05, 4.69) is 10.3 Å². The minimum Gasteiger partial charge on any atom is -0.390 e. The van der Waals surface area contributed by atoms with Crippen LogP contribution >= 0.6 is 11.6 Å². The van der Waals surface area contributed by atoms with Gasteiger partial charge in [0.15, 0.2) is 0 Å². The third kappa shape index (κ3) is 2.55. The fourth-order valence-corrected chi connectivity index (χ4v) is 2.50. The van der Waals surface area contributed by atoms with Crippen molar-refractivity contribution in [3.05, 3.63) is 64.8 Å². The van der Waals surface area contributed by atoms with Crippen LogP contribution in [0.15, 0.2) is 48.5 Å². The van der Waals surface area contributed by atoms with Crippen molar-refractivity contribution in [3.63, 3.8) is 0 Å². The third-order valence-electron chi connectivity index (χ3n) is 3.34. The molecule has 5 heteroatoms. The summed E-state index contributed by atoms with van der Waals surface area (Å²) in [4.78, 5) is 0. The molecule has 0 unspecified atom stereocenters. The topological polar surface area (TPSA) is 50.9 Å². The van der Waals surface area contributed by atoms with Crippen LogP contribution in [0.4, 0.5) is 0 Å². The van der Waals surface area contributed by atoms with Gasteiger partial charge in [-0.05, 0) is 30.7 Å². The lowest BCUT2D eigenvalue weighted by Gasteiger charge is -2.10. The van der Waals surface area contributed by atoms with Crippen molar-refractivity contribution < 1.29 is 5.11 Å². The third-order valence-corrected chi connectivity index (χ3v) is 3.58. The lowest BCUT2D eigenvalue weighted by atomic mass is 10.0. The Labute approximate surface area is 127 Å². The number of benzene rings is 2. The van der Waals surface area contributed by atoms with E-state index in [4.69, 9.17) is 11.6 Å². The van der Waals surface area contributed by atoms with Gasteiger partial charge in [0.05, 0.1) is 12.3 Å². The molecule has 0 saturated heterocycles. The molecule has 0 bridgehead atoms. The number of hydrogen-bond acceptors (Lipinski definition) is 3. The minimum atomic E-state index is -0.162. The first-order chi connectivity index (χ1) is 10.2. The van der Waals surface area contributed by atoms with Crippen LogP contribution in [0.3, 0.4) is 0 Å². The van der Waals surface area contributed by atoms with Gasteiger partial charge in [-0.2, -0.15) is 0 Å². The van der Waals surface area contributed by atoms with Crippen molar-refractivity contribution in [2.75, 3.05) is 0 Å². The van der Waals surface area contributed by atoms with Gasteiger partial charge in [-0.15, -0.1) is 5.10 Å². The van der Waals surface area contributed by atoms with Crippen LogP contribution in [-0.4, -0.2) is 20.1 Å². The number of aliphatic hydroxyl groups is 1. The molecule has 1 aromatic heterocycles. The highest BCUT2D eigenvalue weighted by atomic mass is 35.5. The van der Waals surface area contributed by atoms with Crippen LogP contribution in [0.2, 0.25) is 5.02 Å². The molecule has 4 nitrogen and oxygen atoms in total. The van der Waals surface area contributed by atoms with Crippen LogP contribution in [0.5, 0.6) is 0 Å². The molecule has 0 aliphatic rings. The lowest BCUT2D eigenvalue weighted by Crippen LogP contribution is -2.01. The van der Waals surface area contributed by atoms with E-state index in [0.717, 1.165) is 22.5 Å².